The normalized spacial score (nSPS) is 17.2. The number of hydrogen-bond donors (Lipinski definition) is 1. The van der Waals surface area contributed by atoms with E-state index < -0.39 is 0 Å². The molecule has 1 aliphatic rings. The summed E-state index contributed by atoms with van der Waals surface area (Å²) >= 11 is 0. The minimum atomic E-state index is -0.0452. The molecule has 0 saturated heterocycles. The van der Waals surface area contributed by atoms with Crippen molar-refractivity contribution < 1.29 is 14.1 Å². The van der Waals surface area contributed by atoms with Crippen LogP contribution in [-0.4, -0.2) is 35.5 Å². The highest BCUT2D eigenvalue weighted by molar-refractivity contribution is 5.96. The van der Waals surface area contributed by atoms with E-state index in [9.17, 15) is 9.59 Å². The summed E-state index contributed by atoms with van der Waals surface area (Å²) in [6, 6.07) is 18.9. The van der Waals surface area contributed by atoms with Crippen LogP contribution in [0.5, 0.6) is 0 Å². The highest BCUT2D eigenvalue weighted by Crippen LogP contribution is 2.38. The Kier molecular flexibility index (Phi) is 6.16. The lowest BCUT2D eigenvalue weighted by Crippen LogP contribution is -2.28. The lowest BCUT2D eigenvalue weighted by atomic mass is 10.1. The number of hydrogen-bond acceptors (Lipinski definition) is 4. The molecule has 0 radical (unpaired) electrons. The number of nitrogens with zero attached hydrogens (tertiary/aromatic N) is 2. The molecule has 1 heterocycles. The van der Waals surface area contributed by atoms with Gasteiger partial charge in [0.2, 0.25) is 5.91 Å². The van der Waals surface area contributed by atoms with Crippen molar-refractivity contribution in [2.75, 3.05) is 18.9 Å². The summed E-state index contributed by atoms with van der Waals surface area (Å²) in [7, 11) is 1.79. The van der Waals surface area contributed by atoms with Crippen LogP contribution in [0.2, 0.25) is 0 Å². The molecule has 160 valence electrons. The standard InChI is InChI=1S/C25H27N3O3/c1-17-15-22(17)24(29)26-20-12-10-19(11-13-20)25(30)28(2)14-6-9-21-16-23(27-31-21)18-7-4-3-5-8-18/h3-5,7-8,10-13,16-17,22H,6,9,14-15H2,1-2H3,(H,26,29). The summed E-state index contributed by atoms with van der Waals surface area (Å²) in [5, 5.41) is 7.04. The zero-order valence-electron chi connectivity index (χ0n) is 17.9. The van der Waals surface area contributed by atoms with E-state index in [0.717, 1.165) is 35.5 Å². The first-order valence-corrected chi connectivity index (χ1v) is 10.7. The van der Waals surface area contributed by atoms with Gasteiger partial charge in [0.25, 0.3) is 5.91 Å². The van der Waals surface area contributed by atoms with Gasteiger partial charge in [-0.15, -0.1) is 0 Å². The second-order valence-corrected chi connectivity index (χ2v) is 8.26. The Balaban J connectivity index is 1.25. The SMILES string of the molecule is CC1CC1C(=O)Nc1ccc(C(=O)N(C)CCCc2cc(-c3ccccc3)no2)cc1. The number of aryl methyl sites for hydroxylation is 1. The van der Waals surface area contributed by atoms with Crippen LogP contribution < -0.4 is 5.32 Å². The smallest absolute Gasteiger partial charge is 0.253 e. The number of rotatable bonds is 8. The largest absolute Gasteiger partial charge is 0.361 e. The molecular weight excluding hydrogens is 390 g/mol. The van der Waals surface area contributed by atoms with Crippen molar-refractivity contribution >= 4 is 17.5 Å². The van der Waals surface area contributed by atoms with Crippen molar-refractivity contribution in [3.63, 3.8) is 0 Å². The van der Waals surface area contributed by atoms with Crippen LogP contribution >= 0.6 is 0 Å². The van der Waals surface area contributed by atoms with Crippen LogP contribution in [0.15, 0.2) is 65.2 Å². The zero-order chi connectivity index (χ0) is 21.8. The van der Waals surface area contributed by atoms with Gasteiger partial charge in [0, 0.05) is 48.8 Å². The molecule has 31 heavy (non-hydrogen) atoms. The molecule has 0 aliphatic heterocycles. The molecule has 2 aromatic carbocycles. The predicted molar refractivity (Wildman–Crippen MR) is 120 cm³/mol. The first-order valence-electron chi connectivity index (χ1n) is 10.7. The van der Waals surface area contributed by atoms with Crippen LogP contribution in [-0.2, 0) is 11.2 Å². The second kappa shape index (κ2) is 9.16. The van der Waals surface area contributed by atoms with Gasteiger partial charge in [-0.1, -0.05) is 42.4 Å². The Labute approximate surface area is 182 Å². The van der Waals surface area contributed by atoms with Crippen LogP contribution in [0, 0.1) is 11.8 Å². The fourth-order valence-electron chi connectivity index (χ4n) is 3.61. The first-order chi connectivity index (χ1) is 15.0. The first kappa shape index (κ1) is 20.8. The van der Waals surface area contributed by atoms with E-state index in [1.165, 1.54) is 0 Å². The molecule has 1 aliphatic carbocycles. The monoisotopic (exact) mass is 417 g/mol. The number of carbonyl (C=O) groups is 2. The van der Waals surface area contributed by atoms with Crippen molar-refractivity contribution in [2.24, 2.45) is 11.8 Å². The summed E-state index contributed by atoms with van der Waals surface area (Å²) in [6.45, 7) is 2.69. The molecule has 2 unspecified atom stereocenters. The summed E-state index contributed by atoms with van der Waals surface area (Å²) in [5.74, 6) is 1.42. The van der Waals surface area contributed by atoms with E-state index in [-0.39, 0.29) is 17.7 Å². The molecule has 3 aromatic rings. The molecule has 6 nitrogen and oxygen atoms in total. The topological polar surface area (TPSA) is 75.4 Å². The lowest BCUT2D eigenvalue weighted by Gasteiger charge is -2.17. The molecule has 1 aromatic heterocycles. The predicted octanol–water partition coefficient (Wildman–Crippen LogP) is 4.64. The number of aromatic nitrogens is 1. The molecule has 0 spiro atoms. The van der Waals surface area contributed by atoms with Crippen LogP contribution in [0.4, 0.5) is 5.69 Å². The van der Waals surface area contributed by atoms with Crippen molar-refractivity contribution in [3.05, 3.63) is 72.0 Å². The van der Waals surface area contributed by atoms with E-state index in [4.69, 9.17) is 4.52 Å². The van der Waals surface area contributed by atoms with Crippen molar-refractivity contribution in [3.8, 4) is 11.3 Å². The molecule has 1 N–H and O–H groups in total. The van der Waals surface area contributed by atoms with Crippen molar-refractivity contribution in [1.29, 1.82) is 0 Å². The molecule has 0 bridgehead atoms. The molecule has 2 atom stereocenters. The van der Waals surface area contributed by atoms with Gasteiger partial charge in [0.15, 0.2) is 0 Å². The number of amides is 2. The van der Waals surface area contributed by atoms with E-state index in [1.807, 2.05) is 36.4 Å². The molecule has 1 saturated carbocycles. The van der Waals surface area contributed by atoms with Crippen LogP contribution in [0.1, 0.15) is 35.9 Å². The van der Waals surface area contributed by atoms with E-state index >= 15 is 0 Å². The van der Waals surface area contributed by atoms with Gasteiger partial charge >= 0.3 is 0 Å². The highest BCUT2D eigenvalue weighted by atomic mass is 16.5. The average molecular weight is 418 g/mol. The molecule has 6 heteroatoms. The molecular formula is C25H27N3O3. The van der Waals surface area contributed by atoms with Gasteiger partial charge in [0.1, 0.15) is 11.5 Å². The number of nitrogens with one attached hydrogen (secondary N) is 1. The zero-order valence-corrected chi connectivity index (χ0v) is 17.9. The van der Waals surface area contributed by atoms with Crippen molar-refractivity contribution in [2.45, 2.75) is 26.2 Å². The summed E-state index contributed by atoms with van der Waals surface area (Å²) in [6.07, 6.45) is 2.44. The minimum Gasteiger partial charge on any atom is -0.361 e. The molecule has 1 fully saturated rings. The van der Waals surface area contributed by atoms with Crippen LogP contribution in [0.25, 0.3) is 11.3 Å². The highest BCUT2D eigenvalue weighted by Gasteiger charge is 2.39. The van der Waals surface area contributed by atoms with E-state index in [0.29, 0.717) is 24.4 Å². The van der Waals surface area contributed by atoms with Crippen LogP contribution in [0.3, 0.4) is 0 Å². The molecule has 2 amide bonds. The lowest BCUT2D eigenvalue weighted by molar-refractivity contribution is -0.117. The summed E-state index contributed by atoms with van der Waals surface area (Å²) in [5.41, 5.74) is 3.17. The number of carbonyl (C=O) groups excluding carboxylic acids is 2. The van der Waals surface area contributed by atoms with E-state index in [1.54, 1.807) is 36.2 Å². The third-order valence-corrected chi connectivity index (χ3v) is 5.74. The van der Waals surface area contributed by atoms with E-state index in [2.05, 4.69) is 17.4 Å². The van der Waals surface area contributed by atoms with Gasteiger partial charge in [0.05, 0.1) is 0 Å². The third-order valence-electron chi connectivity index (χ3n) is 5.74. The van der Waals surface area contributed by atoms with Gasteiger partial charge in [-0.2, -0.15) is 0 Å². The maximum atomic E-state index is 12.7. The van der Waals surface area contributed by atoms with Gasteiger partial charge in [-0.25, -0.2) is 0 Å². The second-order valence-electron chi connectivity index (χ2n) is 8.26. The number of benzene rings is 2. The Bertz CT molecular complexity index is 1040. The van der Waals surface area contributed by atoms with Gasteiger partial charge in [-0.3, -0.25) is 9.59 Å². The Hall–Kier alpha value is -3.41. The Morgan fingerprint density at radius 3 is 2.52 bits per heavy atom. The minimum absolute atomic E-state index is 0.0452. The fourth-order valence-corrected chi connectivity index (χ4v) is 3.61. The summed E-state index contributed by atoms with van der Waals surface area (Å²) < 4.78 is 5.43. The Morgan fingerprint density at radius 1 is 1.13 bits per heavy atom. The Morgan fingerprint density at radius 2 is 1.84 bits per heavy atom. The quantitative estimate of drug-likeness (QED) is 0.579. The maximum Gasteiger partial charge on any atom is 0.253 e. The average Bonchev–Trinajstić information content (AvgIpc) is 3.34. The van der Waals surface area contributed by atoms with Gasteiger partial charge < -0.3 is 14.7 Å². The summed E-state index contributed by atoms with van der Waals surface area (Å²) in [4.78, 5) is 26.4. The van der Waals surface area contributed by atoms with Gasteiger partial charge in [-0.05, 0) is 43.0 Å². The number of anilines is 1. The molecule has 4 rings (SSSR count). The fraction of sp³-hybridized carbons (Fsp3) is 0.320. The maximum absolute atomic E-state index is 12.7. The van der Waals surface area contributed by atoms with Crippen molar-refractivity contribution in [1.82, 2.24) is 10.1 Å². The third kappa shape index (κ3) is 5.20.